The first kappa shape index (κ1) is 22.2. The number of hydrogen-bond donors (Lipinski definition) is 1. The maximum Gasteiger partial charge on any atom is 0.277 e. The van der Waals surface area contributed by atoms with Gasteiger partial charge < -0.3 is 19.4 Å². The summed E-state index contributed by atoms with van der Waals surface area (Å²) < 4.78 is 11.1. The second kappa shape index (κ2) is 11.7. The number of aromatic nitrogens is 2. The number of hydrogen-bond acceptors (Lipinski definition) is 7. The molecule has 7 nitrogen and oxygen atoms in total. The van der Waals surface area contributed by atoms with Crippen LogP contribution in [-0.4, -0.2) is 54.2 Å². The van der Waals surface area contributed by atoms with Crippen molar-refractivity contribution in [1.29, 1.82) is 0 Å². The van der Waals surface area contributed by atoms with E-state index in [2.05, 4.69) is 46.4 Å². The molecule has 0 aliphatic rings. The molecule has 0 aliphatic carbocycles. The lowest BCUT2D eigenvalue weighted by Crippen LogP contribution is -2.27. The number of nitrogens with zero attached hydrogens (tertiary/aromatic N) is 3. The van der Waals surface area contributed by atoms with Crippen molar-refractivity contribution in [3.05, 3.63) is 24.3 Å². The first-order valence-electron chi connectivity index (χ1n) is 9.73. The van der Waals surface area contributed by atoms with Gasteiger partial charge in [-0.3, -0.25) is 4.79 Å². The largest absolute Gasteiger partial charge is 0.411 e. The lowest BCUT2D eigenvalue weighted by Gasteiger charge is -2.20. The van der Waals surface area contributed by atoms with Gasteiger partial charge in [-0.05, 0) is 58.4 Å². The molecule has 0 saturated heterocycles. The van der Waals surface area contributed by atoms with E-state index in [4.69, 9.17) is 9.15 Å². The molecule has 2 aromatic rings. The summed E-state index contributed by atoms with van der Waals surface area (Å²) >= 11 is 1.24. The molecule has 1 aromatic heterocycles. The van der Waals surface area contributed by atoms with Crippen molar-refractivity contribution in [2.45, 2.75) is 45.4 Å². The van der Waals surface area contributed by atoms with Gasteiger partial charge in [0.25, 0.3) is 5.22 Å². The van der Waals surface area contributed by atoms with Crippen LogP contribution in [0.2, 0.25) is 0 Å². The molecule has 0 unspecified atom stereocenters. The molecule has 1 N–H and O–H groups in total. The summed E-state index contributed by atoms with van der Waals surface area (Å²) in [6.07, 6.45) is 1.01. The number of anilines is 1. The summed E-state index contributed by atoms with van der Waals surface area (Å²) in [5.74, 6) is 0.644. The Hall–Kier alpha value is -2.06. The average molecular weight is 407 g/mol. The van der Waals surface area contributed by atoms with Gasteiger partial charge in [0.1, 0.15) is 0 Å². The zero-order valence-corrected chi connectivity index (χ0v) is 17.9. The van der Waals surface area contributed by atoms with Crippen LogP contribution in [0.3, 0.4) is 0 Å². The van der Waals surface area contributed by atoms with Crippen molar-refractivity contribution in [2.24, 2.45) is 0 Å². The van der Waals surface area contributed by atoms with Gasteiger partial charge in [-0.2, -0.15) is 0 Å². The molecule has 0 bridgehead atoms. The third-order valence-corrected chi connectivity index (χ3v) is 4.89. The van der Waals surface area contributed by atoms with E-state index in [1.807, 2.05) is 26.0 Å². The molecule has 0 aliphatic heterocycles. The van der Waals surface area contributed by atoms with Crippen LogP contribution in [0, 0.1) is 0 Å². The Balaban J connectivity index is 1.78. The van der Waals surface area contributed by atoms with Crippen LogP contribution < -0.4 is 10.2 Å². The quantitative estimate of drug-likeness (QED) is 0.426. The number of amides is 1. The van der Waals surface area contributed by atoms with Crippen LogP contribution in [0.25, 0.3) is 11.5 Å². The van der Waals surface area contributed by atoms with Gasteiger partial charge in [0.15, 0.2) is 0 Å². The molecule has 1 aromatic carbocycles. The molecule has 154 valence electrons. The van der Waals surface area contributed by atoms with Crippen LogP contribution in [0.1, 0.15) is 34.1 Å². The third-order valence-electron chi connectivity index (χ3n) is 4.07. The zero-order valence-electron chi connectivity index (χ0n) is 17.1. The summed E-state index contributed by atoms with van der Waals surface area (Å²) in [5, 5.41) is 11.4. The van der Waals surface area contributed by atoms with Crippen LogP contribution in [0.15, 0.2) is 33.9 Å². The smallest absolute Gasteiger partial charge is 0.277 e. The number of rotatable bonds is 12. The molecule has 2 rings (SSSR count). The molecule has 28 heavy (non-hydrogen) atoms. The summed E-state index contributed by atoms with van der Waals surface area (Å²) in [7, 11) is 0. The van der Waals surface area contributed by atoms with Crippen LogP contribution >= 0.6 is 11.8 Å². The number of thioether (sulfide) groups is 1. The maximum atomic E-state index is 11.9. The van der Waals surface area contributed by atoms with Gasteiger partial charge in [0, 0.05) is 37.5 Å². The van der Waals surface area contributed by atoms with Crippen molar-refractivity contribution in [2.75, 3.05) is 36.9 Å². The zero-order chi connectivity index (χ0) is 20.4. The molecule has 0 saturated carbocycles. The molecular weight excluding hydrogens is 376 g/mol. The predicted molar refractivity (Wildman–Crippen MR) is 113 cm³/mol. The molecule has 0 atom stereocenters. The highest BCUT2D eigenvalue weighted by atomic mass is 32.2. The Morgan fingerprint density at radius 2 is 1.93 bits per heavy atom. The fraction of sp³-hybridized carbons (Fsp3) is 0.550. The summed E-state index contributed by atoms with van der Waals surface area (Å²) in [6.45, 7) is 11.4. The Morgan fingerprint density at radius 3 is 2.57 bits per heavy atom. The monoisotopic (exact) mass is 406 g/mol. The highest BCUT2D eigenvalue weighted by Crippen LogP contribution is 2.25. The van der Waals surface area contributed by atoms with E-state index in [9.17, 15) is 4.79 Å². The summed E-state index contributed by atoms with van der Waals surface area (Å²) in [4.78, 5) is 14.2. The average Bonchev–Trinajstić information content (AvgIpc) is 3.16. The van der Waals surface area contributed by atoms with Crippen molar-refractivity contribution in [3.8, 4) is 11.5 Å². The van der Waals surface area contributed by atoms with Gasteiger partial charge >= 0.3 is 0 Å². The molecule has 1 heterocycles. The third kappa shape index (κ3) is 7.16. The summed E-state index contributed by atoms with van der Waals surface area (Å²) in [6, 6.07) is 8.05. The predicted octanol–water partition coefficient (Wildman–Crippen LogP) is 3.61. The Kier molecular flexibility index (Phi) is 9.30. The fourth-order valence-electron chi connectivity index (χ4n) is 2.59. The van der Waals surface area contributed by atoms with E-state index >= 15 is 0 Å². The highest BCUT2D eigenvalue weighted by Gasteiger charge is 2.12. The SMILES string of the molecule is CCN(CC)c1ccc(-c2nnc(SCC(=O)NCCCOC(C)C)o2)cc1. The van der Waals surface area contributed by atoms with Crippen molar-refractivity contribution in [3.63, 3.8) is 0 Å². The highest BCUT2D eigenvalue weighted by molar-refractivity contribution is 7.99. The number of ether oxygens (including phenoxy) is 1. The first-order valence-corrected chi connectivity index (χ1v) is 10.7. The molecule has 0 radical (unpaired) electrons. The number of carbonyl (C=O) groups is 1. The van der Waals surface area contributed by atoms with Gasteiger partial charge in [0.05, 0.1) is 11.9 Å². The van der Waals surface area contributed by atoms with E-state index in [1.165, 1.54) is 17.4 Å². The van der Waals surface area contributed by atoms with E-state index in [1.54, 1.807) is 0 Å². The maximum absolute atomic E-state index is 11.9. The van der Waals surface area contributed by atoms with Crippen LogP contribution in [-0.2, 0) is 9.53 Å². The number of benzene rings is 1. The van der Waals surface area contributed by atoms with E-state index in [-0.39, 0.29) is 17.8 Å². The second-order valence-corrected chi connectivity index (χ2v) is 7.43. The molecule has 0 fully saturated rings. The summed E-state index contributed by atoms with van der Waals surface area (Å²) in [5.41, 5.74) is 2.03. The van der Waals surface area contributed by atoms with Gasteiger partial charge in [-0.1, -0.05) is 11.8 Å². The second-order valence-electron chi connectivity index (χ2n) is 6.50. The van der Waals surface area contributed by atoms with Gasteiger partial charge in [-0.25, -0.2) is 0 Å². The van der Waals surface area contributed by atoms with E-state index in [0.29, 0.717) is 24.3 Å². The van der Waals surface area contributed by atoms with Crippen molar-refractivity contribution in [1.82, 2.24) is 15.5 Å². The van der Waals surface area contributed by atoms with E-state index < -0.39 is 0 Å². The standard InChI is InChI=1S/C20H30N4O3S/c1-5-24(6-2)17-10-8-16(9-11-17)19-22-23-20(27-19)28-14-18(25)21-12-7-13-26-15(3)4/h8-11,15H,5-7,12-14H2,1-4H3,(H,21,25). The fourth-order valence-corrected chi connectivity index (χ4v) is 3.18. The number of carbonyl (C=O) groups excluding carboxylic acids is 1. The minimum Gasteiger partial charge on any atom is -0.411 e. The van der Waals surface area contributed by atoms with Crippen LogP contribution in [0.4, 0.5) is 5.69 Å². The minimum absolute atomic E-state index is 0.0575. The van der Waals surface area contributed by atoms with E-state index in [0.717, 1.165) is 25.1 Å². The molecule has 1 amide bonds. The lowest BCUT2D eigenvalue weighted by molar-refractivity contribution is -0.118. The molecule has 8 heteroatoms. The Bertz CT molecular complexity index is 714. The Labute approximate surface area is 171 Å². The van der Waals surface area contributed by atoms with Gasteiger partial charge in [0.2, 0.25) is 11.8 Å². The molecule has 0 spiro atoms. The van der Waals surface area contributed by atoms with Gasteiger partial charge in [-0.15, -0.1) is 10.2 Å². The first-order chi connectivity index (χ1) is 13.5. The normalized spacial score (nSPS) is 11.0. The molecular formula is C20H30N4O3S. The number of nitrogens with one attached hydrogen (secondary N) is 1. The topological polar surface area (TPSA) is 80.5 Å². The minimum atomic E-state index is -0.0575. The Morgan fingerprint density at radius 1 is 1.21 bits per heavy atom. The van der Waals surface area contributed by atoms with Crippen LogP contribution in [0.5, 0.6) is 0 Å². The van der Waals surface area contributed by atoms with Crippen molar-refractivity contribution < 1.29 is 13.9 Å². The van der Waals surface area contributed by atoms with Crippen molar-refractivity contribution >= 4 is 23.4 Å². The lowest BCUT2D eigenvalue weighted by atomic mass is 10.2.